The summed E-state index contributed by atoms with van der Waals surface area (Å²) in [7, 11) is -3.84. The van der Waals surface area contributed by atoms with E-state index in [2.05, 4.69) is 5.32 Å². The highest BCUT2D eigenvalue weighted by atomic mass is 35.5. The first-order valence-electron chi connectivity index (χ1n) is 11.6. The van der Waals surface area contributed by atoms with E-state index in [1.807, 2.05) is 0 Å². The Hall–Kier alpha value is -2.29. The smallest absolute Gasteiger partial charge is 0.244 e. The highest BCUT2D eigenvalue weighted by Gasteiger charge is 2.32. The molecule has 0 radical (unpaired) electrons. The minimum atomic E-state index is -3.84. The maximum absolute atomic E-state index is 13.6. The van der Waals surface area contributed by atoms with E-state index in [0.29, 0.717) is 10.6 Å². The van der Waals surface area contributed by atoms with Gasteiger partial charge in [0.25, 0.3) is 0 Å². The number of rotatable bonds is 9. The van der Waals surface area contributed by atoms with Crippen LogP contribution in [0.3, 0.4) is 0 Å². The maximum Gasteiger partial charge on any atom is 0.244 e. The van der Waals surface area contributed by atoms with Gasteiger partial charge in [-0.15, -0.1) is 0 Å². The molecule has 190 valence electrons. The Morgan fingerprint density at radius 2 is 1.60 bits per heavy atom. The summed E-state index contributed by atoms with van der Waals surface area (Å²) in [6.07, 6.45) is 6.10. The molecular formula is C25H31Cl2N3O4S. The van der Waals surface area contributed by atoms with Gasteiger partial charge in [-0.05, 0) is 43.5 Å². The Labute approximate surface area is 217 Å². The largest absolute Gasteiger partial charge is 0.352 e. The number of carbonyl (C=O) groups is 2. The van der Waals surface area contributed by atoms with E-state index in [1.165, 1.54) is 11.0 Å². The van der Waals surface area contributed by atoms with Crippen molar-refractivity contribution in [2.75, 3.05) is 17.1 Å². The molecule has 1 aliphatic rings. The zero-order valence-electron chi connectivity index (χ0n) is 19.9. The van der Waals surface area contributed by atoms with Crippen molar-refractivity contribution in [3.8, 4) is 0 Å². The molecule has 1 unspecified atom stereocenters. The van der Waals surface area contributed by atoms with Gasteiger partial charge in [-0.1, -0.05) is 72.8 Å². The van der Waals surface area contributed by atoms with Crippen molar-refractivity contribution in [1.82, 2.24) is 10.2 Å². The average Bonchev–Trinajstić information content (AvgIpc) is 2.82. The molecule has 1 saturated carbocycles. The zero-order valence-corrected chi connectivity index (χ0v) is 22.2. The summed E-state index contributed by atoms with van der Waals surface area (Å²) in [4.78, 5) is 28.1. The maximum atomic E-state index is 13.6. The minimum Gasteiger partial charge on any atom is -0.352 e. The number of nitrogens with zero attached hydrogens (tertiary/aromatic N) is 2. The lowest BCUT2D eigenvalue weighted by atomic mass is 9.95. The molecule has 0 aromatic heterocycles. The van der Waals surface area contributed by atoms with E-state index in [1.54, 1.807) is 49.4 Å². The van der Waals surface area contributed by atoms with Gasteiger partial charge in [-0.3, -0.25) is 13.9 Å². The first-order valence-corrected chi connectivity index (χ1v) is 14.2. The van der Waals surface area contributed by atoms with Crippen LogP contribution in [0.15, 0.2) is 48.5 Å². The van der Waals surface area contributed by atoms with Gasteiger partial charge in [0.2, 0.25) is 21.8 Å². The lowest BCUT2D eigenvalue weighted by molar-refractivity contribution is -0.139. The number of nitrogens with one attached hydrogen (secondary N) is 1. The topological polar surface area (TPSA) is 86.8 Å². The quantitative estimate of drug-likeness (QED) is 0.503. The van der Waals surface area contributed by atoms with Gasteiger partial charge in [0.1, 0.15) is 12.6 Å². The molecule has 3 rings (SSSR count). The molecule has 0 heterocycles. The molecule has 2 aromatic carbocycles. The Balaban J connectivity index is 1.89. The molecule has 0 aliphatic heterocycles. The SMILES string of the molecule is CC(C(=O)NC1CCCCC1)N(Cc1ccccc1Cl)C(=O)CN(c1ccccc1Cl)S(C)(=O)=O. The van der Waals surface area contributed by atoms with Crippen molar-refractivity contribution < 1.29 is 18.0 Å². The molecule has 7 nitrogen and oxygen atoms in total. The summed E-state index contributed by atoms with van der Waals surface area (Å²) < 4.78 is 26.2. The van der Waals surface area contributed by atoms with Crippen molar-refractivity contribution in [2.45, 2.75) is 57.7 Å². The molecular weight excluding hydrogens is 509 g/mol. The fourth-order valence-electron chi connectivity index (χ4n) is 4.21. The van der Waals surface area contributed by atoms with Crippen LogP contribution in [0, 0.1) is 0 Å². The van der Waals surface area contributed by atoms with Crippen molar-refractivity contribution in [3.63, 3.8) is 0 Å². The third kappa shape index (κ3) is 7.35. The van der Waals surface area contributed by atoms with Crippen molar-refractivity contribution >= 4 is 50.7 Å². The molecule has 0 spiro atoms. The molecule has 10 heteroatoms. The summed E-state index contributed by atoms with van der Waals surface area (Å²) in [6, 6.07) is 12.7. The van der Waals surface area contributed by atoms with Crippen LogP contribution in [0.2, 0.25) is 10.0 Å². The first kappa shape index (κ1) is 27.3. The molecule has 1 N–H and O–H groups in total. The van der Waals surface area contributed by atoms with Crippen molar-refractivity contribution in [2.24, 2.45) is 0 Å². The van der Waals surface area contributed by atoms with Crippen LogP contribution in [0.5, 0.6) is 0 Å². The minimum absolute atomic E-state index is 0.0535. The fraction of sp³-hybridized carbons (Fsp3) is 0.440. The molecule has 1 fully saturated rings. The standard InChI is InChI=1S/C25H31Cl2N3O4S/c1-18(25(32)28-20-11-4-3-5-12-20)29(16-19-10-6-7-13-21(19)26)24(31)17-30(35(2,33)34)23-15-9-8-14-22(23)27/h6-10,13-15,18,20H,3-5,11-12,16-17H2,1-2H3,(H,28,32). The second-order valence-corrected chi connectivity index (χ2v) is 11.6. The molecule has 0 bridgehead atoms. The Bertz CT molecular complexity index is 1150. The number of carbonyl (C=O) groups excluding carboxylic acids is 2. The van der Waals surface area contributed by atoms with Gasteiger partial charge >= 0.3 is 0 Å². The summed E-state index contributed by atoms with van der Waals surface area (Å²) in [5.41, 5.74) is 0.852. The third-order valence-electron chi connectivity index (χ3n) is 6.22. The number of para-hydroxylation sites is 1. The van der Waals surface area contributed by atoms with Crippen LogP contribution in [0.1, 0.15) is 44.6 Å². The summed E-state index contributed by atoms with van der Waals surface area (Å²) in [5, 5.41) is 3.72. The van der Waals surface area contributed by atoms with Gasteiger partial charge < -0.3 is 10.2 Å². The first-order chi connectivity index (χ1) is 16.6. The number of benzene rings is 2. The normalized spacial score (nSPS) is 15.3. The van der Waals surface area contributed by atoms with Gasteiger partial charge in [-0.25, -0.2) is 8.42 Å². The molecule has 1 atom stereocenters. The Morgan fingerprint density at radius 1 is 1.00 bits per heavy atom. The summed E-state index contributed by atoms with van der Waals surface area (Å²) in [5.74, 6) is -0.817. The number of hydrogen-bond acceptors (Lipinski definition) is 4. The molecule has 2 amide bonds. The highest BCUT2D eigenvalue weighted by Crippen LogP contribution is 2.28. The Morgan fingerprint density at radius 3 is 2.20 bits per heavy atom. The average molecular weight is 541 g/mol. The van der Waals surface area contributed by atoms with E-state index >= 15 is 0 Å². The van der Waals surface area contributed by atoms with Gasteiger partial charge in [0, 0.05) is 17.6 Å². The Kier molecular flexibility index (Phi) is 9.44. The number of anilines is 1. The predicted octanol–water partition coefficient (Wildman–Crippen LogP) is 4.63. The van der Waals surface area contributed by atoms with Crippen molar-refractivity contribution in [1.29, 1.82) is 0 Å². The predicted molar refractivity (Wildman–Crippen MR) is 140 cm³/mol. The van der Waals surface area contributed by atoms with E-state index < -0.39 is 28.5 Å². The number of amides is 2. The van der Waals surface area contributed by atoms with Gasteiger partial charge in [-0.2, -0.15) is 0 Å². The lowest BCUT2D eigenvalue weighted by Gasteiger charge is -2.33. The van der Waals surface area contributed by atoms with Crippen LogP contribution in [0.4, 0.5) is 5.69 Å². The van der Waals surface area contributed by atoms with Crippen LogP contribution in [-0.4, -0.2) is 50.0 Å². The van der Waals surface area contributed by atoms with E-state index in [9.17, 15) is 18.0 Å². The van der Waals surface area contributed by atoms with Crippen LogP contribution >= 0.6 is 23.2 Å². The lowest BCUT2D eigenvalue weighted by Crippen LogP contribution is -2.53. The van der Waals surface area contributed by atoms with E-state index in [-0.39, 0.29) is 29.2 Å². The van der Waals surface area contributed by atoms with Crippen LogP contribution in [-0.2, 0) is 26.2 Å². The number of sulfonamides is 1. The molecule has 0 saturated heterocycles. The number of halogens is 2. The molecule has 2 aromatic rings. The van der Waals surface area contributed by atoms with Gasteiger partial charge in [0.05, 0.1) is 17.0 Å². The van der Waals surface area contributed by atoms with E-state index in [4.69, 9.17) is 23.2 Å². The fourth-order valence-corrected chi connectivity index (χ4v) is 5.56. The van der Waals surface area contributed by atoms with Gasteiger partial charge in [0.15, 0.2) is 0 Å². The molecule has 35 heavy (non-hydrogen) atoms. The zero-order chi connectivity index (χ0) is 25.6. The second kappa shape index (κ2) is 12.1. The monoisotopic (exact) mass is 539 g/mol. The van der Waals surface area contributed by atoms with E-state index in [0.717, 1.165) is 42.7 Å². The number of hydrogen-bond donors (Lipinski definition) is 1. The van der Waals surface area contributed by atoms with Crippen molar-refractivity contribution in [3.05, 3.63) is 64.1 Å². The summed E-state index contributed by atoms with van der Waals surface area (Å²) in [6.45, 7) is 1.19. The van der Waals surface area contributed by atoms with Crippen LogP contribution < -0.4 is 9.62 Å². The highest BCUT2D eigenvalue weighted by molar-refractivity contribution is 7.92. The second-order valence-electron chi connectivity index (χ2n) is 8.85. The third-order valence-corrected chi connectivity index (χ3v) is 8.03. The summed E-state index contributed by atoms with van der Waals surface area (Å²) >= 11 is 12.6. The molecule has 1 aliphatic carbocycles. The van der Waals surface area contributed by atoms with Crippen LogP contribution in [0.25, 0.3) is 0 Å².